The highest BCUT2D eigenvalue weighted by atomic mass is 32.1. The number of aliphatic hydroxyl groups excluding tert-OH is 4. The minimum absolute atomic E-state index is 0.367. The van der Waals surface area contributed by atoms with E-state index in [1.54, 1.807) is 23.5 Å². The van der Waals surface area contributed by atoms with Crippen LogP contribution in [0.4, 0.5) is 5.69 Å². The van der Waals surface area contributed by atoms with Gasteiger partial charge in [-0.25, -0.2) is 5.48 Å². The van der Waals surface area contributed by atoms with Gasteiger partial charge in [0.15, 0.2) is 0 Å². The molecule has 1 fully saturated rings. The van der Waals surface area contributed by atoms with Crippen LogP contribution in [0.1, 0.15) is 22.1 Å². The largest absolute Gasteiger partial charge is 0.394 e. The van der Waals surface area contributed by atoms with E-state index in [4.69, 9.17) is 10.00 Å². The third-order valence-electron chi connectivity index (χ3n) is 5.38. The molecular formula is C22H22N2O6S. The zero-order valence-corrected chi connectivity index (χ0v) is 17.2. The number of benzene rings is 2. The Kier molecular flexibility index (Phi) is 6.38. The fraction of sp³-hybridized carbons (Fsp3) is 0.318. The van der Waals surface area contributed by atoms with Gasteiger partial charge in [0.2, 0.25) is 0 Å². The number of ether oxygens (including phenoxy) is 1. The van der Waals surface area contributed by atoms with Gasteiger partial charge in [-0.05, 0) is 29.1 Å². The lowest BCUT2D eigenvalue weighted by Crippen LogP contribution is -2.55. The molecule has 4 rings (SSSR count). The molecule has 0 radical (unpaired) electrons. The minimum Gasteiger partial charge on any atom is -0.394 e. The Morgan fingerprint density at radius 3 is 2.61 bits per heavy atom. The SMILES string of the molecule is N#CONc1ccc(Cc2cc3ccccc3s2)cc1[C@@H]1O[C@H](CO)[C@@H](O)[C@H](O)[C@H]1O. The Morgan fingerprint density at radius 2 is 1.87 bits per heavy atom. The van der Waals surface area contributed by atoms with Crippen molar-refractivity contribution in [3.63, 3.8) is 0 Å². The molecule has 5 atom stereocenters. The third-order valence-corrected chi connectivity index (χ3v) is 6.49. The molecular weight excluding hydrogens is 420 g/mol. The van der Waals surface area contributed by atoms with Crippen LogP contribution in [0.25, 0.3) is 10.1 Å². The number of nitrogens with zero attached hydrogens (tertiary/aromatic N) is 1. The summed E-state index contributed by atoms with van der Waals surface area (Å²) in [5.74, 6) is 0. The second-order valence-electron chi connectivity index (χ2n) is 7.39. The molecule has 0 aliphatic carbocycles. The van der Waals surface area contributed by atoms with E-state index in [0.29, 0.717) is 17.7 Å². The molecule has 0 unspecified atom stereocenters. The molecule has 0 spiro atoms. The van der Waals surface area contributed by atoms with Gasteiger partial charge in [-0.3, -0.25) is 0 Å². The van der Waals surface area contributed by atoms with Crippen LogP contribution < -0.4 is 5.48 Å². The van der Waals surface area contributed by atoms with E-state index >= 15 is 0 Å². The smallest absolute Gasteiger partial charge is 0.314 e. The molecule has 1 saturated heterocycles. The number of hydrogen-bond donors (Lipinski definition) is 5. The zero-order chi connectivity index (χ0) is 22.0. The summed E-state index contributed by atoms with van der Waals surface area (Å²) in [6, 6.07) is 15.6. The van der Waals surface area contributed by atoms with Crippen molar-refractivity contribution < 1.29 is 30.0 Å². The lowest BCUT2D eigenvalue weighted by molar-refractivity contribution is -0.231. The van der Waals surface area contributed by atoms with Crippen molar-refractivity contribution in [2.24, 2.45) is 0 Å². The number of nitrogens with one attached hydrogen (secondary N) is 1. The molecule has 5 N–H and O–H groups in total. The number of fused-ring (bicyclic) bond motifs is 1. The molecule has 1 aromatic heterocycles. The second-order valence-corrected chi connectivity index (χ2v) is 8.56. The van der Waals surface area contributed by atoms with Crippen LogP contribution >= 0.6 is 11.3 Å². The topological polar surface area (TPSA) is 135 Å². The van der Waals surface area contributed by atoms with Gasteiger partial charge in [-0.15, -0.1) is 16.6 Å². The summed E-state index contributed by atoms with van der Waals surface area (Å²) in [6.45, 7) is -0.527. The van der Waals surface area contributed by atoms with Gasteiger partial charge in [0.25, 0.3) is 0 Å². The zero-order valence-electron chi connectivity index (χ0n) is 16.4. The van der Waals surface area contributed by atoms with Gasteiger partial charge >= 0.3 is 6.26 Å². The van der Waals surface area contributed by atoms with E-state index in [2.05, 4.69) is 28.5 Å². The Hall–Kier alpha value is -2.71. The maximum absolute atomic E-state index is 10.6. The van der Waals surface area contributed by atoms with Crippen LogP contribution in [0.2, 0.25) is 0 Å². The summed E-state index contributed by atoms with van der Waals surface area (Å²) in [7, 11) is 0. The molecule has 1 aliphatic rings. The fourth-order valence-corrected chi connectivity index (χ4v) is 4.91. The third kappa shape index (κ3) is 4.36. The molecule has 3 aromatic rings. The Morgan fingerprint density at radius 1 is 1.06 bits per heavy atom. The highest BCUT2D eigenvalue weighted by Gasteiger charge is 2.44. The molecule has 0 saturated carbocycles. The molecule has 2 heterocycles. The highest BCUT2D eigenvalue weighted by Crippen LogP contribution is 2.37. The van der Waals surface area contributed by atoms with Crippen LogP contribution in [0.15, 0.2) is 48.5 Å². The lowest BCUT2D eigenvalue weighted by Gasteiger charge is -2.40. The van der Waals surface area contributed by atoms with Crippen molar-refractivity contribution in [3.05, 3.63) is 64.5 Å². The fourth-order valence-electron chi connectivity index (χ4n) is 3.81. The van der Waals surface area contributed by atoms with Crippen LogP contribution in [0.5, 0.6) is 0 Å². The van der Waals surface area contributed by atoms with Crippen molar-refractivity contribution >= 4 is 27.1 Å². The Balaban J connectivity index is 1.68. The molecule has 0 bridgehead atoms. The van der Waals surface area contributed by atoms with E-state index in [9.17, 15) is 20.4 Å². The summed E-state index contributed by atoms with van der Waals surface area (Å²) in [4.78, 5) is 5.79. The van der Waals surface area contributed by atoms with Gasteiger partial charge in [0.1, 0.15) is 30.5 Å². The van der Waals surface area contributed by atoms with Gasteiger partial charge in [-0.2, -0.15) is 0 Å². The molecule has 162 valence electrons. The number of rotatable bonds is 6. The summed E-state index contributed by atoms with van der Waals surface area (Å²) >= 11 is 1.69. The maximum atomic E-state index is 10.6. The summed E-state index contributed by atoms with van der Waals surface area (Å²) in [5.41, 5.74) is 4.22. The van der Waals surface area contributed by atoms with Crippen LogP contribution in [0.3, 0.4) is 0 Å². The maximum Gasteiger partial charge on any atom is 0.314 e. The van der Waals surface area contributed by atoms with Gasteiger partial charge in [-0.1, -0.05) is 30.3 Å². The Labute approximate surface area is 182 Å². The first-order valence-corrected chi connectivity index (χ1v) is 10.5. The average Bonchev–Trinajstić information content (AvgIpc) is 3.19. The number of aliphatic hydroxyl groups is 4. The molecule has 2 aromatic carbocycles. The number of nitriles is 1. The first-order valence-electron chi connectivity index (χ1n) is 9.73. The molecule has 31 heavy (non-hydrogen) atoms. The van der Waals surface area contributed by atoms with E-state index in [1.165, 1.54) is 11.0 Å². The van der Waals surface area contributed by atoms with Crippen molar-refractivity contribution in [2.45, 2.75) is 36.9 Å². The van der Waals surface area contributed by atoms with E-state index in [1.807, 2.05) is 18.2 Å². The van der Waals surface area contributed by atoms with E-state index in [0.717, 1.165) is 15.8 Å². The van der Waals surface area contributed by atoms with Crippen LogP contribution in [-0.2, 0) is 16.0 Å². The Bertz CT molecular complexity index is 1060. The van der Waals surface area contributed by atoms with E-state index in [-0.39, 0.29) is 0 Å². The number of hydrogen-bond acceptors (Lipinski definition) is 9. The standard InChI is InChI=1S/C22H22N2O6S/c23-11-29-24-16-6-5-12(7-14-9-13-3-1-2-4-18(13)31-14)8-15(16)22-21(28)20(27)19(26)17(10-25)30-22/h1-6,8-9,17,19-22,24-28H,7,10H2/t17-,19-,20+,21-,22+/m1/s1. The monoisotopic (exact) mass is 442 g/mol. The quantitative estimate of drug-likeness (QED) is 0.288. The predicted molar refractivity (Wildman–Crippen MR) is 114 cm³/mol. The molecule has 8 nitrogen and oxygen atoms in total. The first-order chi connectivity index (χ1) is 15.0. The van der Waals surface area contributed by atoms with Gasteiger partial charge in [0.05, 0.1) is 12.3 Å². The molecule has 1 aliphatic heterocycles. The minimum atomic E-state index is -1.51. The molecule has 0 amide bonds. The average molecular weight is 442 g/mol. The highest BCUT2D eigenvalue weighted by molar-refractivity contribution is 7.19. The van der Waals surface area contributed by atoms with Gasteiger partial charge < -0.3 is 30.0 Å². The first kappa shape index (κ1) is 21.5. The van der Waals surface area contributed by atoms with Crippen molar-refractivity contribution in [1.82, 2.24) is 0 Å². The van der Waals surface area contributed by atoms with Crippen LogP contribution in [-0.4, -0.2) is 51.4 Å². The predicted octanol–water partition coefficient (Wildman–Crippen LogP) is 1.83. The van der Waals surface area contributed by atoms with Crippen molar-refractivity contribution in [2.75, 3.05) is 12.1 Å². The number of anilines is 1. The van der Waals surface area contributed by atoms with Crippen molar-refractivity contribution in [1.29, 1.82) is 5.26 Å². The van der Waals surface area contributed by atoms with Gasteiger partial charge in [0, 0.05) is 21.6 Å². The van der Waals surface area contributed by atoms with E-state index < -0.39 is 37.1 Å². The molecule has 9 heteroatoms. The normalized spacial score (nSPS) is 25.8. The summed E-state index contributed by atoms with van der Waals surface area (Å²) in [5, 5.41) is 50.2. The van der Waals surface area contributed by atoms with Crippen LogP contribution in [0, 0.1) is 11.5 Å². The number of thiophene rings is 1. The summed E-state index contributed by atoms with van der Waals surface area (Å²) < 4.78 is 6.89. The lowest BCUT2D eigenvalue weighted by atomic mass is 9.89. The van der Waals surface area contributed by atoms with Crippen molar-refractivity contribution in [3.8, 4) is 6.26 Å². The summed E-state index contributed by atoms with van der Waals surface area (Å²) in [6.07, 6.45) is -4.35. The second kappa shape index (κ2) is 9.20.